The summed E-state index contributed by atoms with van der Waals surface area (Å²) in [6.07, 6.45) is 0. The third-order valence-corrected chi connectivity index (χ3v) is 5.21. The summed E-state index contributed by atoms with van der Waals surface area (Å²) in [5, 5.41) is 5.52. The first-order valence-electron chi connectivity index (χ1n) is 10.5. The zero-order chi connectivity index (χ0) is 22.2. The van der Waals surface area contributed by atoms with Gasteiger partial charge in [-0.15, -0.1) is 0 Å². The van der Waals surface area contributed by atoms with Gasteiger partial charge >= 0.3 is 0 Å². The van der Waals surface area contributed by atoms with E-state index in [0.717, 1.165) is 27.8 Å². The molecule has 0 spiro atoms. The number of hydrogen-bond donors (Lipinski definition) is 2. The van der Waals surface area contributed by atoms with Crippen LogP contribution in [0.5, 0.6) is 0 Å². The van der Waals surface area contributed by atoms with E-state index in [-0.39, 0.29) is 18.4 Å². The molecule has 0 atom stereocenters. The second kappa shape index (κ2) is 10.2. The maximum absolute atomic E-state index is 12.4. The van der Waals surface area contributed by atoms with Gasteiger partial charge in [0.2, 0.25) is 5.91 Å². The van der Waals surface area contributed by atoms with Gasteiger partial charge in [-0.1, -0.05) is 97.1 Å². The highest BCUT2D eigenvalue weighted by Gasteiger charge is 2.08. The molecule has 0 saturated heterocycles. The first kappa shape index (κ1) is 21.1. The minimum Gasteiger partial charge on any atom is -0.350 e. The molecule has 32 heavy (non-hydrogen) atoms. The fourth-order valence-electron chi connectivity index (χ4n) is 3.42. The minimum absolute atomic E-state index is 0.0681. The van der Waals surface area contributed by atoms with Crippen LogP contribution in [-0.2, 0) is 11.3 Å². The lowest BCUT2D eigenvalue weighted by Crippen LogP contribution is -2.36. The Labute approximate surface area is 187 Å². The van der Waals surface area contributed by atoms with Gasteiger partial charge in [0.25, 0.3) is 5.91 Å². The van der Waals surface area contributed by atoms with E-state index in [0.29, 0.717) is 12.1 Å². The zero-order valence-electron chi connectivity index (χ0n) is 17.6. The second-order valence-corrected chi connectivity index (χ2v) is 7.47. The van der Waals surface area contributed by atoms with Crippen molar-refractivity contribution in [2.24, 2.45) is 0 Å². The second-order valence-electron chi connectivity index (χ2n) is 7.47. The first-order chi connectivity index (χ1) is 15.7. The highest BCUT2D eigenvalue weighted by atomic mass is 16.2. The Hall–Kier alpha value is -4.18. The van der Waals surface area contributed by atoms with Gasteiger partial charge in [-0.3, -0.25) is 9.59 Å². The summed E-state index contributed by atoms with van der Waals surface area (Å²) in [5.41, 5.74) is 5.94. The fraction of sp³-hybridized carbons (Fsp3) is 0.0714. The van der Waals surface area contributed by atoms with Gasteiger partial charge in [0.1, 0.15) is 0 Å². The highest BCUT2D eigenvalue weighted by Crippen LogP contribution is 2.20. The molecule has 0 aliphatic carbocycles. The Bertz CT molecular complexity index is 1170. The van der Waals surface area contributed by atoms with Crippen LogP contribution < -0.4 is 10.6 Å². The van der Waals surface area contributed by atoms with E-state index in [2.05, 4.69) is 22.8 Å². The Balaban J connectivity index is 1.24. The van der Waals surface area contributed by atoms with Crippen molar-refractivity contribution in [2.75, 3.05) is 6.54 Å². The summed E-state index contributed by atoms with van der Waals surface area (Å²) < 4.78 is 0. The van der Waals surface area contributed by atoms with Crippen molar-refractivity contribution in [3.05, 3.63) is 120 Å². The van der Waals surface area contributed by atoms with Gasteiger partial charge < -0.3 is 10.6 Å². The van der Waals surface area contributed by atoms with E-state index in [1.54, 1.807) is 12.1 Å². The van der Waals surface area contributed by atoms with Crippen molar-refractivity contribution < 1.29 is 9.59 Å². The molecule has 4 nitrogen and oxygen atoms in total. The topological polar surface area (TPSA) is 58.2 Å². The zero-order valence-corrected chi connectivity index (χ0v) is 17.6. The summed E-state index contributed by atoms with van der Waals surface area (Å²) in [4.78, 5) is 24.5. The van der Waals surface area contributed by atoms with E-state index in [1.165, 1.54) is 0 Å². The van der Waals surface area contributed by atoms with Crippen molar-refractivity contribution in [3.8, 4) is 22.3 Å². The first-order valence-corrected chi connectivity index (χ1v) is 10.5. The van der Waals surface area contributed by atoms with Gasteiger partial charge in [-0.25, -0.2) is 0 Å². The van der Waals surface area contributed by atoms with E-state index < -0.39 is 0 Å². The number of rotatable bonds is 7. The molecule has 0 fully saturated rings. The lowest BCUT2D eigenvalue weighted by atomic mass is 10.0. The average Bonchev–Trinajstić information content (AvgIpc) is 2.87. The van der Waals surface area contributed by atoms with E-state index in [9.17, 15) is 9.59 Å². The number of hydrogen-bond acceptors (Lipinski definition) is 2. The number of nitrogens with one attached hydrogen (secondary N) is 2. The van der Waals surface area contributed by atoms with Crippen LogP contribution in [0.15, 0.2) is 109 Å². The minimum atomic E-state index is -0.271. The summed E-state index contributed by atoms with van der Waals surface area (Å²) in [6, 6.07) is 35.5. The van der Waals surface area contributed by atoms with Gasteiger partial charge in [-0.05, 0) is 39.9 Å². The van der Waals surface area contributed by atoms with Crippen LogP contribution >= 0.6 is 0 Å². The van der Waals surface area contributed by atoms with Crippen LogP contribution in [0.3, 0.4) is 0 Å². The third-order valence-electron chi connectivity index (χ3n) is 5.21. The fourth-order valence-corrected chi connectivity index (χ4v) is 3.42. The quantitative estimate of drug-likeness (QED) is 0.439. The third kappa shape index (κ3) is 5.49. The van der Waals surface area contributed by atoms with E-state index in [1.807, 2.05) is 84.9 Å². The van der Waals surface area contributed by atoms with Gasteiger partial charge in [-0.2, -0.15) is 0 Å². The molecule has 4 aromatic rings. The smallest absolute Gasteiger partial charge is 0.251 e. The lowest BCUT2D eigenvalue weighted by molar-refractivity contribution is -0.120. The average molecular weight is 421 g/mol. The van der Waals surface area contributed by atoms with E-state index in [4.69, 9.17) is 0 Å². The summed E-state index contributed by atoms with van der Waals surface area (Å²) in [6.45, 7) is 0.344. The van der Waals surface area contributed by atoms with Crippen LogP contribution in [0.25, 0.3) is 22.3 Å². The van der Waals surface area contributed by atoms with Crippen molar-refractivity contribution in [3.63, 3.8) is 0 Å². The molecule has 0 aromatic heterocycles. The summed E-state index contributed by atoms with van der Waals surface area (Å²) in [7, 11) is 0. The van der Waals surface area contributed by atoms with Gasteiger partial charge in [0, 0.05) is 12.1 Å². The van der Waals surface area contributed by atoms with Crippen LogP contribution in [-0.4, -0.2) is 18.4 Å². The molecule has 0 radical (unpaired) electrons. The molecule has 4 aromatic carbocycles. The molecule has 2 amide bonds. The predicted octanol–water partition coefficient (Wildman–Crippen LogP) is 5.07. The summed E-state index contributed by atoms with van der Waals surface area (Å²) >= 11 is 0. The molecule has 0 aliphatic heterocycles. The van der Waals surface area contributed by atoms with Crippen LogP contribution in [0, 0.1) is 0 Å². The summed E-state index contributed by atoms with van der Waals surface area (Å²) in [5.74, 6) is -0.502. The van der Waals surface area contributed by atoms with Gasteiger partial charge in [0.15, 0.2) is 0 Å². The normalized spacial score (nSPS) is 10.4. The maximum atomic E-state index is 12.4. The molecular formula is C28H24N2O2. The monoisotopic (exact) mass is 420 g/mol. The number of carbonyl (C=O) groups is 2. The standard InChI is InChI=1S/C28H24N2O2/c31-27(29-19-21-11-13-24(14-12-21)22-7-3-1-4-8-22)20-30-28(32)26-17-15-25(16-18-26)23-9-5-2-6-10-23/h1-18H,19-20H2,(H,29,31)(H,30,32). The number of benzene rings is 4. The Morgan fingerprint density at radius 1 is 0.531 bits per heavy atom. The Kier molecular flexibility index (Phi) is 6.73. The molecule has 2 N–H and O–H groups in total. The largest absolute Gasteiger partial charge is 0.350 e. The highest BCUT2D eigenvalue weighted by molar-refractivity contribution is 5.96. The lowest BCUT2D eigenvalue weighted by Gasteiger charge is -2.09. The van der Waals surface area contributed by atoms with Crippen LogP contribution in [0.2, 0.25) is 0 Å². The molecule has 4 heteroatoms. The molecule has 0 unspecified atom stereocenters. The molecular weight excluding hydrogens is 396 g/mol. The molecule has 0 aliphatic rings. The molecule has 0 saturated carbocycles. The predicted molar refractivity (Wildman–Crippen MR) is 128 cm³/mol. The van der Waals surface area contributed by atoms with Crippen molar-refractivity contribution >= 4 is 11.8 Å². The molecule has 4 rings (SSSR count). The van der Waals surface area contributed by atoms with E-state index >= 15 is 0 Å². The van der Waals surface area contributed by atoms with Crippen molar-refractivity contribution in [1.82, 2.24) is 10.6 Å². The van der Waals surface area contributed by atoms with Gasteiger partial charge in [0.05, 0.1) is 6.54 Å². The van der Waals surface area contributed by atoms with Crippen LogP contribution in [0.4, 0.5) is 0 Å². The SMILES string of the molecule is O=C(CNC(=O)c1ccc(-c2ccccc2)cc1)NCc1ccc(-c2ccccc2)cc1. The number of carbonyl (C=O) groups excluding carboxylic acids is 2. The molecule has 158 valence electrons. The Morgan fingerprint density at radius 2 is 1.00 bits per heavy atom. The van der Waals surface area contributed by atoms with Crippen molar-refractivity contribution in [2.45, 2.75) is 6.54 Å². The van der Waals surface area contributed by atoms with Crippen LogP contribution in [0.1, 0.15) is 15.9 Å². The number of amides is 2. The molecule has 0 heterocycles. The molecule has 0 bridgehead atoms. The Morgan fingerprint density at radius 3 is 1.53 bits per heavy atom. The maximum Gasteiger partial charge on any atom is 0.251 e. The van der Waals surface area contributed by atoms with Crippen molar-refractivity contribution in [1.29, 1.82) is 0 Å².